The normalized spacial score (nSPS) is 11.0. The number of benzene rings is 1. The Morgan fingerprint density at radius 1 is 1.43 bits per heavy atom. The summed E-state index contributed by atoms with van der Waals surface area (Å²) in [5.74, 6) is -1.22. The van der Waals surface area contributed by atoms with E-state index < -0.39 is 11.7 Å². The fourth-order valence-electron chi connectivity index (χ4n) is 1.20. The molecule has 0 spiro atoms. The molecule has 10 heteroatoms. The summed E-state index contributed by atoms with van der Waals surface area (Å²) in [6, 6.07) is 6.19. The van der Waals surface area contributed by atoms with Gasteiger partial charge in [0.1, 0.15) is 0 Å². The molecule has 108 valence electrons. The van der Waals surface area contributed by atoms with Gasteiger partial charge < -0.3 is 15.3 Å². The van der Waals surface area contributed by atoms with Gasteiger partial charge in [0.05, 0.1) is 0 Å². The van der Waals surface area contributed by atoms with Crippen LogP contribution in [0.1, 0.15) is 5.82 Å². The zero-order chi connectivity index (χ0) is 15.2. The lowest BCUT2D eigenvalue weighted by molar-refractivity contribution is -0.129. The first-order valence-corrected chi connectivity index (χ1v) is 6.53. The van der Waals surface area contributed by atoms with E-state index in [-0.39, 0.29) is 11.0 Å². The summed E-state index contributed by atoms with van der Waals surface area (Å²) in [5.41, 5.74) is -0.486. The lowest BCUT2D eigenvalue weighted by Gasteiger charge is -1.99. The molecule has 0 unspecified atom stereocenters. The average molecular weight is 327 g/mol. The van der Waals surface area contributed by atoms with E-state index in [1.54, 1.807) is 12.1 Å². The number of anilines is 1. The first-order valence-electron chi connectivity index (χ1n) is 5.38. The number of carbonyl (C=O) groups excluding carboxylic acids is 1. The predicted octanol–water partition coefficient (Wildman–Crippen LogP) is 1.63. The Hall–Kier alpha value is -2.52. The van der Waals surface area contributed by atoms with E-state index >= 15 is 0 Å². The fraction of sp³-hybridized carbons (Fsp3) is 0. The van der Waals surface area contributed by atoms with Gasteiger partial charge in [0.15, 0.2) is 5.75 Å². The number of aromatic nitrogens is 2. The molecular formula is C11H7ClN4O4S. The molecule has 2 N–H and O–H groups in total. The molecule has 2 rings (SSSR count). The van der Waals surface area contributed by atoms with Gasteiger partial charge in [-0.2, -0.15) is 9.36 Å². The molecule has 1 heterocycles. The molecule has 0 aliphatic rings. The van der Waals surface area contributed by atoms with Crippen LogP contribution in [0.25, 0.3) is 0 Å². The van der Waals surface area contributed by atoms with Gasteiger partial charge in [-0.05, 0) is 24.3 Å². The van der Waals surface area contributed by atoms with Crippen LogP contribution in [0.5, 0.6) is 5.75 Å². The number of aliphatic carboxylic acids is 1. The lowest BCUT2D eigenvalue weighted by atomic mass is 10.3. The van der Waals surface area contributed by atoms with E-state index in [1.165, 1.54) is 12.1 Å². The summed E-state index contributed by atoms with van der Waals surface area (Å²) >= 11 is 6.54. The highest BCUT2D eigenvalue weighted by molar-refractivity contribution is 7.10. The Bertz CT molecular complexity index is 686. The minimum absolute atomic E-state index is 0.153. The monoisotopic (exact) mass is 326 g/mol. The SMILES string of the molecule is O=CNc1nc(C(=NOc2ccc(Cl)cc2)C(=O)O)ns1. The van der Waals surface area contributed by atoms with Gasteiger partial charge in [-0.3, -0.25) is 4.79 Å². The molecular weight excluding hydrogens is 320 g/mol. The summed E-state index contributed by atoms with van der Waals surface area (Å²) < 4.78 is 3.78. The molecule has 0 saturated heterocycles. The Morgan fingerprint density at radius 2 is 2.14 bits per heavy atom. The van der Waals surface area contributed by atoms with Crippen molar-refractivity contribution in [1.82, 2.24) is 9.36 Å². The van der Waals surface area contributed by atoms with Crippen molar-refractivity contribution in [1.29, 1.82) is 0 Å². The highest BCUT2D eigenvalue weighted by Gasteiger charge is 2.19. The van der Waals surface area contributed by atoms with Crippen LogP contribution in [-0.2, 0) is 9.59 Å². The van der Waals surface area contributed by atoms with Gasteiger partial charge >= 0.3 is 5.97 Å². The molecule has 1 amide bonds. The number of nitrogens with one attached hydrogen (secondary N) is 1. The minimum atomic E-state index is -1.36. The zero-order valence-corrected chi connectivity index (χ0v) is 11.8. The smallest absolute Gasteiger partial charge is 0.362 e. The molecule has 0 aliphatic carbocycles. The number of hydrogen-bond acceptors (Lipinski definition) is 7. The molecule has 0 radical (unpaired) electrons. The van der Waals surface area contributed by atoms with Gasteiger partial charge in [-0.25, -0.2) is 4.79 Å². The van der Waals surface area contributed by atoms with Gasteiger partial charge in [0.25, 0.3) is 0 Å². The third-order valence-electron chi connectivity index (χ3n) is 2.08. The second-order valence-electron chi connectivity index (χ2n) is 3.48. The maximum Gasteiger partial charge on any atom is 0.362 e. The standard InChI is InChI=1S/C11H7ClN4O4S/c12-6-1-3-7(4-2-6)20-15-8(10(18)19)9-14-11(13-5-17)21-16-9/h1-5H,(H,18,19)(H,13,14,16,17). The molecule has 0 atom stereocenters. The number of carboxylic acid groups (broad SMARTS) is 1. The second kappa shape index (κ2) is 6.77. The minimum Gasteiger partial charge on any atom is -0.476 e. The van der Waals surface area contributed by atoms with Crippen molar-refractivity contribution in [2.24, 2.45) is 5.16 Å². The topological polar surface area (TPSA) is 114 Å². The van der Waals surface area contributed by atoms with Crippen molar-refractivity contribution in [3.05, 3.63) is 35.1 Å². The molecule has 21 heavy (non-hydrogen) atoms. The van der Waals surface area contributed by atoms with Crippen LogP contribution in [0.4, 0.5) is 5.13 Å². The molecule has 0 fully saturated rings. The Morgan fingerprint density at radius 3 is 2.76 bits per heavy atom. The van der Waals surface area contributed by atoms with Gasteiger partial charge in [-0.1, -0.05) is 16.8 Å². The zero-order valence-electron chi connectivity index (χ0n) is 10.2. The van der Waals surface area contributed by atoms with E-state index in [2.05, 4.69) is 19.8 Å². The first kappa shape index (κ1) is 14.9. The Labute approximate surface area is 127 Å². The van der Waals surface area contributed by atoms with Crippen molar-refractivity contribution in [2.75, 3.05) is 5.32 Å². The van der Waals surface area contributed by atoms with E-state index in [0.717, 1.165) is 11.5 Å². The quantitative estimate of drug-likeness (QED) is 0.474. The van der Waals surface area contributed by atoms with Crippen LogP contribution in [-0.4, -0.2) is 32.6 Å². The number of amides is 1. The van der Waals surface area contributed by atoms with E-state index in [0.29, 0.717) is 17.2 Å². The van der Waals surface area contributed by atoms with Crippen molar-refractivity contribution in [3.8, 4) is 5.75 Å². The van der Waals surface area contributed by atoms with Gasteiger partial charge in [-0.15, -0.1) is 0 Å². The maximum absolute atomic E-state index is 11.1. The Balaban J connectivity index is 2.21. The third kappa shape index (κ3) is 3.97. The summed E-state index contributed by atoms with van der Waals surface area (Å²) in [7, 11) is 0. The van der Waals surface area contributed by atoms with Crippen LogP contribution in [0.2, 0.25) is 5.02 Å². The Kier molecular flexibility index (Phi) is 4.80. The van der Waals surface area contributed by atoms with Crippen molar-refractivity contribution in [2.45, 2.75) is 0 Å². The largest absolute Gasteiger partial charge is 0.476 e. The van der Waals surface area contributed by atoms with Crippen molar-refractivity contribution >= 4 is 46.4 Å². The fourth-order valence-corrected chi connectivity index (χ4v) is 1.85. The van der Waals surface area contributed by atoms with Crippen LogP contribution in [0.3, 0.4) is 0 Å². The van der Waals surface area contributed by atoms with E-state index in [4.69, 9.17) is 21.5 Å². The number of hydrogen-bond donors (Lipinski definition) is 2. The molecule has 1 aromatic carbocycles. The highest BCUT2D eigenvalue weighted by atomic mass is 35.5. The third-order valence-corrected chi connectivity index (χ3v) is 2.98. The maximum atomic E-state index is 11.1. The highest BCUT2D eigenvalue weighted by Crippen LogP contribution is 2.16. The number of carboxylic acids is 1. The first-order chi connectivity index (χ1) is 10.1. The van der Waals surface area contributed by atoms with Gasteiger partial charge in [0.2, 0.25) is 23.1 Å². The van der Waals surface area contributed by atoms with Crippen LogP contribution in [0.15, 0.2) is 29.4 Å². The van der Waals surface area contributed by atoms with Crippen LogP contribution in [0, 0.1) is 0 Å². The second-order valence-corrected chi connectivity index (χ2v) is 4.66. The summed E-state index contributed by atoms with van der Waals surface area (Å²) in [6.07, 6.45) is 0.409. The number of rotatable bonds is 6. The van der Waals surface area contributed by atoms with Crippen molar-refractivity contribution in [3.63, 3.8) is 0 Å². The summed E-state index contributed by atoms with van der Waals surface area (Å²) in [5, 5.41) is 15.5. The van der Waals surface area contributed by atoms with E-state index in [9.17, 15) is 9.59 Å². The van der Waals surface area contributed by atoms with Crippen molar-refractivity contribution < 1.29 is 19.5 Å². The summed E-state index contributed by atoms with van der Waals surface area (Å²) in [4.78, 5) is 30.2. The average Bonchev–Trinajstić information content (AvgIpc) is 2.89. The van der Waals surface area contributed by atoms with Crippen LogP contribution >= 0.6 is 23.1 Å². The molecule has 0 bridgehead atoms. The summed E-state index contributed by atoms with van der Waals surface area (Å²) in [6.45, 7) is 0. The number of oxime groups is 1. The predicted molar refractivity (Wildman–Crippen MR) is 75.8 cm³/mol. The van der Waals surface area contributed by atoms with E-state index in [1.807, 2.05) is 0 Å². The number of halogens is 1. The number of nitrogens with zero attached hydrogens (tertiary/aromatic N) is 3. The van der Waals surface area contributed by atoms with Crippen LogP contribution < -0.4 is 10.2 Å². The molecule has 1 aromatic heterocycles. The number of carbonyl (C=O) groups is 2. The molecule has 0 aliphatic heterocycles. The molecule has 8 nitrogen and oxygen atoms in total. The molecule has 0 saturated carbocycles. The van der Waals surface area contributed by atoms with Gasteiger partial charge in [0, 0.05) is 16.6 Å². The lowest BCUT2D eigenvalue weighted by Crippen LogP contribution is -2.17. The molecule has 2 aromatic rings.